The van der Waals surface area contributed by atoms with Gasteiger partial charge in [-0.05, 0) is 7.05 Å². The Morgan fingerprint density at radius 3 is 2.87 bits per heavy atom. The molecule has 1 heterocycles. The number of aliphatic carboxylic acids is 1. The summed E-state index contributed by atoms with van der Waals surface area (Å²) in [4.78, 5) is 11.7. The van der Waals surface area contributed by atoms with Crippen LogP contribution in [0, 0.1) is 5.92 Å². The average Bonchev–Trinajstić information content (AvgIpc) is 1.98. The predicted molar refractivity (Wildman–Crippen MR) is 49.0 cm³/mol. The molecule has 1 atom stereocenters. The highest BCUT2D eigenvalue weighted by Crippen LogP contribution is 2.29. The van der Waals surface area contributed by atoms with Gasteiger partial charge in [0, 0.05) is 18.9 Å². The smallest absolute Gasteiger partial charge is 0.329 e. The summed E-state index contributed by atoms with van der Waals surface area (Å²) in [6.07, 6.45) is -0.225. The first-order valence-corrected chi connectivity index (χ1v) is 4.75. The Kier molecular flexibility index (Phi) is 3.98. The van der Waals surface area contributed by atoms with Crippen LogP contribution in [0.1, 0.15) is 6.42 Å². The number of piperidine rings is 1. The molecule has 88 valence electrons. The van der Waals surface area contributed by atoms with Crippen LogP contribution in [0.25, 0.3) is 0 Å². The molecule has 1 aliphatic heterocycles. The van der Waals surface area contributed by atoms with Crippen molar-refractivity contribution >= 4 is 5.97 Å². The Balaban J connectivity index is 2.32. The van der Waals surface area contributed by atoms with Crippen molar-refractivity contribution in [1.82, 2.24) is 4.90 Å². The van der Waals surface area contributed by atoms with Crippen LogP contribution in [0.3, 0.4) is 0 Å². The fraction of sp³-hybridized carbons (Fsp3) is 0.889. The minimum absolute atomic E-state index is 0.0756. The minimum Gasteiger partial charge on any atom is -0.480 e. The van der Waals surface area contributed by atoms with Crippen molar-refractivity contribution in [2.45, 2.75) is 12.3 Å². The highest BCUT2D eigenvalue weighted by atomic mass is 19.3. The molecule has 6 heteroatoms. The summed E-state index contributed by atoms with van der Waals surface area (Å²) < 4.78 is 31.0. The molecule has 0 aromatic carbocycles. The van der Waals surface area contributed by atoms with Crippen molar-refractivity contribution < 1.29 is 23.4 Å². The zero-order valence-electron chi connectivity index (χ0n) is 8.58. The molecule has 0 bridgehead atoms. The molecule has 0 spiro atoms. The van der Waals surface area contributed by atoms with Crippen molar-refractivity contribution in [2.75, 3.05) is 33.4 Å². The second kappa shape index (κ2) is 4.85. The summed E-state index contributed by atoms with van der Waals surface area (Å²) in [7, 11) is 1.62. The number of rotatable bonds is 4. The van der Waals surface area contributed by atoms with Gasteiger partial charge in [-0.1, -0.05) is 0 Å². The number of hydrogen-bond acceptors (Lipinski definition) is 3. The van der Waals surface area contributed by atoms with E-state index in [1.54, 1.807) is 7.05 Å². The van der Waals surface area contributed by atoms with Gasteiger partial charge in [-0.3, -0.25) is 0 Å². The van der Waals surface area contributed by atoms with E-state index in [0.29, 0.717) is 6.54 Å². The van der Waals surface area contributed by atoms with Gasteiger partial charge in [0.2, 0.25) is 0 Å². The highest BCUT2D eigenvalue weighted by Gasteiger charge is 2.38. The van der Waals surface area contributed by atoms with Crippen LogP contribution >= 0.6 is 0 Å². The molecule has 1 fully saturated rings. The number of likely N-dealkylation sites (tertiary alicyclic amines) is 1. The molecule has 0 aromatic rings. The topological polar surface area (TPSA) is 49.8 Å². The maximum Gasteiger partial charge on any atom is 0.329 e. The zero-order valence-corrected chi connectivity index (χ0v) is 8.58. The first-order valence-electron chi connectivity index (χ1n) is 4.75. The van der Waals surface area contributed by atoms with E-state index in [0.717, 1.165) is 0 Å². The molecule has 1 N–H and O–H groups in total. The van der Waals surface area contributed by atoms with Crippen LogP contribution in [0.2, 0.25) is 0 Å². The summed E-state index contributed by atoms with van der Waals surface area (Å²) in [5.41, 5.74) is 0. The lowest BCUT2D eigenvalue weighted by atomic mass is 9.96. The maximum absolute atomic E-state index is 13.1. The van der Waals surface area contributed by atoms with E-state index in [9.17, 15) is 13.6 Å². The molecule has 0 aromatic heterocycles. The average molecular weight is 223 g/mol. The molecule has 1 unspecified atom stereocenters. The van der Waals surface area contributed by atoms with Gasteiger partial charge in [-0.25, -0.2) is 13.6 Å². The summed E-state index contributed by atoms with van der Waals surface area (Å²) in [5, 5.41) is 8.31. The van der Waals surface area contributed by atoms with Crippen LogP contribution in [-0.4, -0.2) is 55.2 Å². The van der Waals surface area contributed by atoms with E-state index in [1.807, 2.05) is 0 Å². The Morgan fingerprint density at radius 1 is 1.67 bits per heavy atom. The molecule has 1 saturated heterocycles. The van der Waals surface area contributed by atoms with Gasteiger partial charge < -0.3 is 14.7 Å². The molecule has 0 saturated carbocycles. The standard InChI is InChI=1S/C9H15F2NO3/c1-12-3-7(2-9(10,11)6-12)4-15-5-8(13)14/h7H,2-6H2,1H3,(H,13,14). The monoisotopic (exact) mass is 223 g/mol. The van der Waals surface area contributed by atoms with Crippen molar-refractivity contribution in [3.05, 3.63) is 0 Å². The lowest BCUT2D eigenvalue weighted by Crippen LogP contribution is -2.46. The number of carboxylic acids is 1. The molecule has 15 heavy (non-hydrogen) atoms. The van der Waals surface area contributed by atoms with Crippen molar-refractivity contribution in [1.29, 1.82) is 0 Å². The molecule has 1 aliphatic rings. The molecular formula is C9H15F2NO3. The van der Waals surface area contributed by atoms with Gasteiger partial charge in [0.1, 0.15) is 6.61 Å². The molecule has 0 radical (unpaired) electrons. The SMILES string of the molecule is CN1CC(COCC(=O)O)CC(F)(F)C1. The number of ether oxygens (including phenoxy) is 1. The molecule has 1 rings (SSSR count). The molecular weight excluding hydrogens is 208 g/mol. The summed E-state index contributed by atoms with van der Waals surface area (Å²) in [5.74, 6) is -4.06. The third kappa shape index (κ3) is 4.53. The third-order valence-electron chi connectivity index (χ3n) is 2.24. The Morgan fingerprint density at radius 2 is 2.33 bits per heavy atom. The second-order valence-corrected chi connectivity index (χ2v) is 4.03. The van der Waals surface area contributed by atoms with E-state index in [-0.39, 0.29) is 25.5 Å². The Hall–Kier alpha value is -0.750. The fourth-order valence-electron chi connectivity index (χ4n) is 1.88. The lowest BCUT2D eigenvalue weighted by molar-refractivity contribution is -0.144. The first kappa shape index (κ1) is 12.3. The third-order valence-corrected chi connectivity index (χ3v) is 2.24. The summed E-state index contributed by atoms with van der Waals surface area (Å²) in [6.45, 7) is -0.0599. The van der Waals surface area contributed by atoms with Crippen LogP contribution in [-0.2, 0) is 9.53 Å². The van der Waals surface area contributed by atoms with Gasteiger partial charge >= 0.3 is 5.97 Å². The summed E-state index contributed by atoms with van der Waals surface area (Å²) in [6, 6.07) is 0. The van der Waals surface area contributed by atoms with Gasteiger partial charge in [0.25, 0.3) is 5.92 Å². The zero-order chi connectivity index (χ0) is 11.5. The van der Waals surface area contributed by atoms with E-state index in [4.69, 9.17) is 9.84 Å². The summed E-state index contributed by atoms with van der Waals surface area (Å²) >= 11 is 0. The highest BCUT2D eigenvalue weighted by molar-refractivity contribution is 5.67. The van der Waals surface area contributed by atoms with Gasteiger partial charge in [0.15, 0.2) is 0 Å². The van der Waals surface area contributed by atoms with E-state index in [2.05, 4.69) is 0 Å². The number of hydrogen-bond donors (Lipinski definition) is 1. The van der Waals surface area contributed by atoms with Crippen molar-refractivity contribution in [3.63, 3.8) is 0 Å². The Labute approximate surface area is 86.8 Å². The Bertz CT molecular complexity index is 235. The van der Waals surface area contributed by atoms with Crippen LogP contribution in [0.5, 0.6) is 0 Å². The molecule has 4 nitrogen and oxygen atoms in total. The molecule has 0 aliphatic carbocycles. The van der Waals surface area contributed by atoms with Crippen molar-refractivity contribution in [3.8, 4) is 0 Å². The number of carbonyl (C=O) groups is 1. The number of carboxylic acid groups (broad SMARTS) is 1. The predicted octanol–water partition coefficient (Wildman–Crippen LogP) is 0.675. The van der Waals surface area contributed by atoms with E-state index < -0.39 is 18.5 Å². The second-order valence-electron chi connectivity index (χ2n) is 4.03. The molecule has 0 amide bonds. The lowest BCUT2D eigenvalue weighted by Gasteiger charge is -2.35. The largest absolute Gasteiger partial charge is 0.480 e. The van der Waals surface area contributed by atoms with Gasteiger partial charge in [-0.2, -0.15) is 0 Å². The van der Waals surface area contributed by atoms with E-state index in [1.165, 1.54) is 4.90 Å². The number of halogens is 2. The van der Waals surface area contributed by atoms with Crippen LogP contribution in [0.15, 0.2) is 0 Å². The minimum atomic E-state index is -2.69. The first-order chi connectivity index (χ1) is 6.89. The quantitative estimate of drug-likeness (QED) is 0.761. The van der Waals surface area contributed by atoms with Gasteiger partial charge in [0.05, 0.1) is 13.2 Å². The number of nitrogens with zero attached hydrogens (tertiary/aromatic N) is 1. The maximum atomic E-state index is 13.1. The normalized spacial score (nSPS) is 26.5. The van der Waals surface area contributed by atoms with Crippen LogP contribution in [0.4, 0.5) is 8.78 Å². The fourth-order valence-corrected chi connectivity index (χ4v) is 1.88. The van der Waals surface area contributed by atoms with Crippen LogP contribution < -0.4 is 0 Å². The van der Waals surface area contributed by atoms with Gasteiger partial charge in [-0.15, -0.1) is 0 Å². The van der Waals surface area contributed by atoms with E-state index >= 15 is 0 Å². The van der Waals surface area contributed by atoms with Crippen molar-refractivity contribution in [2.24, 2.45) is 5.92 Å². The number of alkyl halides is 2.